The topological polar surface area (TPSA) is 43.8 Å². The predicted molar refractivity (Wildman–Crippen MR) is 70.8 cm³/mol. The van der Waals surface area contributed by atoms with Crippen LogP contribution >= 0.6 is 0 Å². The van der Waals surface area contributed by atoms with Crippen molar-refractivity contribution in [1.29, 1.82) is 0 Å². The van der Waals surface area contributed by atoms with E-state index in [0.29, 0.717) is 0 Å². The molecule has 2 rings (SSSR count). The second kappa shape index (κ2) is 5.53. The average molecular weight is 229 g/mol. The maximum atomic E-state index is 5.66. The molecule has 3 heteroatoms. The van der Waals surface area contributed by atoms with E-state index < -0.39 is 0 Å². The molecule has 90 valence electrons. The molecule has 0 aliphatic carbocycles. The molecule has 0 spiro atoms. The van der Waals surface area contributed by atoms with Crippen LogP contribution in [0.1, 0.15) is 24.7 Å². The highest BCUT2D eigenvalue weighted by Crippen LogP contribution is 2.09. The van der Waals surface area contributed by atoms with E-state index in [1.54, 1.807) is 0 Å². The summed E-state index contributed by atoms with van der Waals surface area (Å²) in [4.78, 5) is 4.41. The molecule has 1 aromatic carbocycles. The number of anilines is 1. The zero-order chi connectivity index (χ0) is 12.1. The highest BCUT2D eigenvalue weighted by Gasteiger charge is 2.02. The number of rotatable bonds is 5. The van der Waals surface area contributed by atoms with Gasteiger partial charge in [0.25, 0.3) is 0 Å². The van der Waals surface area contributed by atoms with E-state index in [4.69, 9.17) is 5.73 Å². The van der Waals surface area contributed by atoms with Gasteiger partial charge in [-0.2, -0.15) is 0 Å². The van der Waals surface area contributed by atoms with Gasteiger partial charge in [-0.05, 0) is 30.5 Å². The number of benzene rings is 1. The number of nitrogens with two attached hydrogens (primary N) is 1. The van der Waals surface area contributed by atoms with Gasteiger partial charge in [0.1, 0.15) is 5.82 Å². The number of hydrogen-bond donors (Lipinski definition) is 1. The minimum Gasteiger partial charge on any atom is -0.399 e. The first-order chi connectivity index (χ1) is 8.29. The van der Waals surface area contributed by atoms with Crippen LogP contribution in [0, 0.1) is 0 Å². The first-order valence-corrected chi connectivity index (χ1v) is 6.14. The quantitative estimate of drug-likeness (QED) is 0.801. The van der Waals surface area contributed by atoms with E-state index in [1.807, 2.05) is 18.3 Å². The molecule has 0 amide bonds. The summed E-state index contributed by atoms with van der Waals surface area (Å²) >= 11 is 0. The third-order valence-electron chi connectivity index (χ3n) is 2.88. The smallest absolute Gasteiger partial charge is 0.108 e. The van der Waals surface area contributed by atoms with E-state index in [1.165, 1.54) is 11.4 Å². The first-order valence-electron chi connectivity index (χ1n) is 6.14. The van der Waals surface area contributed by atoms with E-state index in [9.17, 15) is 0 Å². The summed E-state index contributed by atoms with van der Waals surface area (Å²) in [5.74, 6) is 1.17. The van der Waals surface area contributed by atoms with E-state index in [-0.39, 0.29) is 0 Å². The van der Waals surface area contributed by atoms with Gasteiger partial charge in [-0.1, -0.05) is 19.1 Å². The van der Waals surface area contributed by atoms with Crippen molar-refractivity contribution in [1.82, 2.24) is 9.55 Å². The highest BCUT2D eigenvalue weighted by molar-refractivity contribution is 5.39. The third kappa shape index (κ3) is 3.09. The highest BCUT2D eigenvalue weighted by atomic mass is 15.1. The normalized spacial score (nSPS) is 10.6. The molecule has 0 unspecified atom stereocenters. The average Bonchev–Trinajstić information content (AvgIpc) is 2.77. The molecular formula is C14H19N3. The maximum absolute atomic E-state index is 5.66. The molecule has 0 bridgehead atoms. The van der Waals surface area contributed by atoms with Crippen LogP contribution in [0.15, 0.2) is 36.7 Å². The lowest BCUT2D eigenvalue weighted by atomic mass is 10.1. The van der Waals surface area contributed by atoms with Crippen LogP contribution in [0.5, 0.6) is 0 Å². The molecule has 1 aromatic heterocycles. The monoisotopic (exact) mass is 229 g/mol. The SMILES string of the molecule is CCCn1ccnc1CCc1ccc(N)cc1. The minimum atomic E-state index is 0.821. The van der Waals surface area contributed by atoms with E-state index in [2.05, 4.69) is 34.8 Å². The standard InChI is InChI=1S/C14H19N3/c1-2-10-17-11-9-16-14(17)8-5-12-3-6-13(15)7-4-12/h3-4,6-7,9,11H,2,5,8,10,15H2,1H3. The van der Waals surface area contributed by atoms with Crippen molar-refractivity contribution in [2.24, 2.45) is 0 Å². The Balaban J connectivity index is 1.97. The fourth-order valence-electron chi connectivity index (χ4n) is 1.95. The lowest BCUT2D eigenvalue weighted by Gasteiger charge is -2.06. The number of hydrogen-bond acceptors (Lipinski definition) is 2. The lowest BCUT2D eigenvalue weighted by molar-refractivity contribution is 0.633. The molecule has 0 fully saturated rings. The zero-order valence-corrected chi connectivity index (χ0v) is 10.3. The van der Waals surface area contributed by atoms with Gasteiger partial charge in [0.05, 0.1) is 0 Å². The molecule has 17 heavy (non-hydrogen) atoms. The number of imidazole rings is 1. The van der Waals surface area contributed by atoms with Crippen LogP contribution in [-0.4, -0.2) is 9.55 Å². The predicted octanol–water partition coefficient (Wildman–Crippen LogP) is 2.66. The molecular weight excluding hydrogens is 210 g/mol. The molecule has 0 saturated carbocycles. The van der Waals surface area contributed by atoms with E-state index >= 15 is 0 Å². The van der Waals surface area contributed by atoms with Gasteiger partial charge >= 0.3 is 0 Å². The van der Waals surface area contributed by atoms with Gasteiger partial charge in [-0.15, -0.1) is 0 Å². The molecule has 3 nitrogen and oxygen atoms in total. The van der Waals surface area contributed by atoms with Gasteiger partial charge in [0.2, 0.25) is 0 Å². The molecule has 0 atom stereocenters. The molecule has 2 N–H and O–H groups in total. The van der Waals surface area contributed by atoms with Crippen molar-refractivity contribution in [3.63, 3.8) is 0 Å². The summed E-state index contributed by atoms with van der Waals surface area (Å²) in [5.41, 5.74) is 7.80. The Labute approximate surface area is 102 Å². The Morgan fingerprint density at radius 2 is 1.94 bits per heavy atom. The first kappa shape index (κ1) is 11.7. The van der Waals surface area contributed by atoms with Crippen molar-refractivity contribution >= 4 is 5.69 Å². The Kier molecular flexibility index (Phi) is 3.81. The summed E-state index contributed by atoms with van der Waals surface area (Å²) in [5, 5.41) is 0. The largest absolute Gasteiger partial charge is 0.399 e. The Hall–Kier alpha value is -1.77. The van der Waals surface area contributed by atoms with Gasteiger partial charge in [0.15, 0.2) is 0 Å². The van der Waals surface area contributed by atoms with Crippen LogP contribution < -0.4 is 5.73 Å². The second-order valence-electron chi connectivity index (χ2n) is 4.28. The fourth-order valence-corrected chi connectivity index (χ4v) is 1.95. The van der Waals surface area contributed by atoms with E-state index in [0.717, 1.165) is 31.5 Å². The number of nitrogen functional groups attached to an aromatic ring is 1. The summed E-state index contributed by atoms with van der Waals surface area (Å²) in [6.45, 7) is 3.24. The molecule has 0 aliphatic heterocycles. The van der Waals surface area contributed by atoms with Crippen molar-refractivity contribution in [3.8, 4) is 0 Å². The number of aromatic nitrogens is 2. The second-order valence-corrected chi connectivity index (χ2v) is 4.28. The lowest BCUT2D eigenvalue weighted by Crippen LogP contribution is -2.04. The van der Waals surface area contributed by atoms with Crippen molar-refractivity contribution in [2.45, 2.75) is 32.7 Å². The molecule has 0 aliphatic rings. The van der Waals surface area contributed by atoms with Gasteiger partial charge < -0.3 is 10.3 Å². The molecule has 1 heterocycles. The van der Waals surface area contributed by atoms with Gasteiger partial charge in [-0.3, -0.25) is 0 Å². The third-order valence-corrected chi connectivity index (χ3v) is 2.88. The van der Waals surface area contributed by atoms with Crippen LogP contribution in [0.2, 0.25) is 0 Å². The summed E-state index contributed by atoms with van der Waals surface area (Å²) in [7, 11) is 0. The van der Waals surface area contributed by atoms with Crippen LogP contribution in [0.25, 0.3) is 0 Å². The number of nitrogens with zero attached hydrogens (tertiary/aromatic N) is 2. The van der Waals surface area contributed by atoms with Crippen LogP contribution in [0.4, 0.5) is 5.69 Å². The van der Waals surface area contributed by atoms with Crippen molar-refractivity contribution in [3.05, 3.63) is 48.0 Å². The molecule has 0 radical (unpaired) electrons. The zero-order valence-electron chi connectivity index (χ0n) is 10.3. The maximum Gasteiger partial charge on any atom is 0.108 e. The van der Waals surface area contributed by atoms with Gasteiger partial charge in [0, 0.05) is 31.0 Å². The Morgan fingerprint density at radius 1 is 1.18 bits per heavy atom. The van der Waals surface area contributed by atoms with Crippen LogP contribution in [-0.2, 0) is 19.4 Å². The van der Waals surface area contributed by atoms with Crippen LogP contribution in [0.3, 0.4) is 0 Å². The number of aryl methyl sites for hydroxylation is 3. The van der Waals surface area contributed by atoms with Crippen molar-refractivity contribution < 1.29 is 0 Å². The van der Waals surface area contributed by atoms with Gasteiger partial charge in [-0.25, -0.2) is 4.98 Å². The minimum absolute atomic E-state index is 0.821. The molecule has 2 aromatic rings. The summed E-state index contributed by atoms with van der Waals surface area (Å²) in [6, 6.07) is 8.08. The Morgan fingerprint density at radius 3 is 2.65 bits per heavy atom. The summed E-state index contributed by atoms with van der Waals surface area (Å²) < 4.78 is 2.23. The van der Waals surface area contributed by atoms with Crippen molar-refractivity contribution in [2.75, 3.05) is 5.73 Å². The molecule has 0 saturated heterocycles. The fraction of sp³-hybridized carbons (Fsp3) is 0.357. The Bertz CT molecular complexity index is 457. The summed E-state index contributed by atoms with van der Waals surface area (Å²) in [6.07, 6.45) is 7.08.